The van der Waals surface area contributed by atoms with Crippen LogP contribution in [-0.4, -0.2) is 25.5 Å². The number of halogens is 1. The molecule has 0 bridgehead atoms. The maximum atomic E-state index is 11.8. The van der Waals surface area contributed by atoms with Crippen LogP contribution in [0.1, 0.15) is 32.8 Å². The monoisotopic (exact) mass is 298 g/mol. The lowest BCUT2D eigenvalue weighted by molar-refractivity contribution is -0.154. The van der Waals surface area contributed by atoms with Crippen molar-refractivity contribution in [2.45, 2.75) is 32.6 Å². The van der Waals surface area contributed by atoms with Gasteiger partial charge in [0.1, 0.15) is 5.75 Å². The van der Waals surface area contributed by atoms with E-state index in [9.17, 15) is 9.59 Å². The first-order chi connectivity index (χ1) is 9.31. The van der Waals surface area contributed by atoms with Crippen molar-refractivity contribution in [1.29, 1.82) is 0 Å². The van der Waals surface area contributed by atoms with Crippen LogP contribution in [0.15, 0.2) is 18.2 Å². The van der Waals surface area contributed by atoms with Gasteiger partial charge < -0.3 is 9.47 Å². The molecule has 1 rings (SSSR count). The average Bonchev–Trinajstić information content (AvgIpc) is 2.38. The van der Waals surface area contributed by atoms with E-state index in [0.29, 0.717) is 10.8 Å². The Morgan fingerprint density at radius 1 is 1.30 bits per heavy atom. The fraction of sp³-hybridized carbons (Fsp3) is 0.467. The molecule has 0 saturated heterocycles. The Hall–Kier alpha value is -1.55. The number of hydrogen-bond donors (Lipinski definition) is 0. The molecule has 110 valence electrons. The van der Waals surface area contributed by atoms with Crippen LogP contribution in [-0.2, 0) is 19.7 Å². The molecular weight excluding hydrogens is 280 g/mol. The number of esters is 1. The van der Waals surface area contributed by atoms with E-state index in [0.717, 1.165) is 5.56 Å². The molecule has 0 amide bonds. The lowest BCUT2D eigenvalue weighted by Crippen LogP contribution is -2.27. The summed E-state index contributed by atoms with van der Waals surface area (Å²) in [6.45, 7) is 5.62. The van der Waals surface area contributed by atoms with Gasteiger partial charge >= 0.3 is 5.97 Å². The molecule has 0 radical (unpaired) electrons. The van der Waals surface area contributed by atoms with E-state index in [1.54, 1.807) is 19.1 Å². The van der Waals surface area contributed by atoms with Crippen LogP contribution in [0.2, 0.25) is 5.02 Å². The zero-order valence-electron chi connectivity index (χ0n) is 12.2. The number of hydrogen-bond acceptors (Lipinski definition) is 4. The number of carbonyl (C=O) groups excluding carboxylic acids is 2. The van der Waals surface area contributed by atoms with E-state index < -0.39 is 17.2 Å². The summed E-state index contributed by atoms with van der Waals surface area (Å²) in [4.78, 5) is 23.2. The van der Waals surface area contributed by atoms with Gasteiger partial charge in [-0.05, 0) is 30.0 Å². The third kappa shape index (κ3) is 3.97. The Morgan fingerprint density at radius 3 is 2.50 bits per heavy atom. The maximum Gasteiger partial charge on any atom is 0.374 e. The van der Waals surface area contributed by atoms with Gasteiger partial charge in [-0.1, -0.05) is 31.5 Å². The lowest BCUT2D eigenvalue weighted by atomic mass is 9.80. The molecule has 0 N–H and O–H groups in total. The Morgan fingerprint density at radius 2 is 1.95 bits per heavy atom. The second kappa shape index (κ2) is 6.75. The maximum absolute atomic E-state index is 11.8. The van der Waals surface area contributed by atoms with E-state index in [4.69, 9.17) is 21.1 Å². The first-order valence-electron chi connectivity index (χ1n) is 6.35. The molecule has 0 fully saturated rings. The fourth-order valence-electron chi connectivity index (χ4n) is 1.87. The van der Waals surface area contributed by atoms with Gasteiger partial charge in [0.15, 0.2) is 0 Å². The standard InChI is InChI=1S/C15H19ClO4/c1-5-20-14(18)12(17)9-15(2,3)10-6-7-11(16)13(8-10)19-4/h6-8H,5,9H2,1-4H3. The van der Waals surface area contributed by atoms with Crippen molar-refractivity contribution in [2.24, 2.45) is 0 Å². The molecule has 4 nitrogen and oxygen atoms in total. The average molecular weight is 299 g/mol. The molecule has 20 heavy (non-hydrogen) atoms. The molecule has 0 spiro atoms. The largest absolute Gasteiger partial charge is 0.495 e. The number of benzene rings is 1. The fourth-order valence-corrected chi connectivity index (χ4v) is 2.06. The van der Waals surface area contributed by atoms with Crippen molar-refractivity contribution in [1.82, 2.24) is 0 Å². The summed E-state index contributed by atoms with van der Waals surface area (Å²) in [7, 11) is 1.53. The van der Waals surface area contributed by atoms with Gasteiger partial charge in [-0.25, -0.2) is 4.79 Å². The lowest BCUT2D eigenvalue weighted by Gasteiger charge is -2.24. The topological polar surface area (TPSA) is 52.6 Å². The van der Waals surface area contributed by atoms with E-state index in [-0.39, 0.29) is 13.0 Å². The normalized spacial score (nSPS) is 11.1. The number of ether oxygens (including phenoxy) is 2. The highest BCUT2D eigenvalue weighted by molar-refractivity contribution is 6.34. The smallest absolute Gasteiger partial charge is 0.374 e. The van der Waals surface area contributed by atoms with Crippen molar-refractivity contribution in [3.8, 4) is 5.75 Å². The van der Waals surface area contributed by atoms with Crippen LogP contribution in [0.3, 0.4) is 0 Å². The van der Waals surface area contributed by atoms with Gasteiger partial charge in [-0.2, -0.15) is 0 Å². The van der Waals surface area contributed by atoms with Crippen LogP contribution in [0.4, 0.5) is 0 Å². The van der Waals surface area contributed by atoms with Crippen LogP contribution >= 0.6 is 11.6 Å². The molecule has 0 aliphatic heterocycles. The minimum Gasteiger partial charge on any atom is -0.495 e. The Labute approximate surface area is 124 Å². The number of methoxy groups -OCH3 is 1. The van der Waals surface area contributed by atoms with E-state index >= 15 is 0 Å². The van der Waals surface area contributed by atoms with E-state index in [1.807, 2.05) is 19.9 Å². The van der Waals surface area contributed by atoms with Crippen molar-refractivity contribution < 1.29 is 19.1 Å². The number of ketones is 1. The highest BCUT2D eigenvalue weighted by Crippen LogP contribution is 2.33. The molecule has 1 aromatic carbocycles. The van der Waals surface area contributed by atoms with Gasteiger partial charge in [0.2, 0.25) is 5.78 Å². The highest BCUT2D eigenvalue weighted by Gasteiger charge is 2.29. The van der Waals surface area contributed by atoms with Crippen molar-refractivity contribution in [3.63, 3.8) is 0 Å². The summed E-state index contributed by atoms with van der Waals surface area (Å²) in [6.07, 6.45) is 0.0661. The zero-order chi connectivity index (χ0) is 15.3. The molecule has 0 aliphatic rings. The van der Waals surface area contributed by atoms with Gasteiger partial charge in [0.05, 0.1) is 18.7 Å². The molecule has 0 unspecified atom stereocenters. The molecule has 0 saturated carbocycles. The SMILES string of the molecule is CCOC(=O)C(=O)CC(C)(C)c1ccc(Cl)c(OC)c1. The second-order valence-corrected chi connectivity index (χ2v) is 5.46. The van der Waals surface area contributed by atoms with Crippen LogP contribution < -0.4 is 4.74 Å². The Balaban J connectivity index is 2.93. The first kappa shape index (κ1) is 16.5. The zero-order valence-corrected chi connectivity index (χ0v) is 12.9. The van der Waals surface area contributed by atoms with Crippen molar-refractivity contribution >= 4 is 23.4 Å². The predicted octanol–water partition coefficient (Wildman–Crippen LogP) is 3.15. The number of rotatable bonds is 6. The third-order valence-corrected chi connectivity index (χ3v) is 3.35. The predicted molar refractivity (Wildman–Crippen MR) is 77.3 cm³/mol. The van der Waals surface area contributed by atoms with Gasteiger partial charge in [-0.15, -0.1) is 0 Å². The van der Waals surface area contributed by atoms with E-state index in [2.05, 4.69) is 0 Å². The minimum atomic E-state index is -0.790. The van der Waals surface area contributed by atoms with Gasteiger partial charge in [-0.3, -0.25) is 4.79 Å². The summed E-state index contributed by atoms with van der Waals surface area (Å²) in [5, 5.41) is 0.503. The van der Waals surface area contributed by atoms with E-state index in [1.165, 1.54) is 7.11 Å². The molecule has 0 aliphatic carbocycles. The number of Topliss-reactive ketones (excluding diaryl/α,β-unsaturated/α-hetero) is 1. The van der Waals surface area contributed by atoms with Gasteiger partial charge in [0, 0.05) is 6.42 Å². The quantitative estimate of drug-likeness (QED) is 0.598. The number of carbonyl (C=O) groups is 2. The second-order valence-electron chi connectivity index (χ2n) is 5.05. The molecule has 0 aromatic heterocycles. The molecular formula is C15H19ClO4. The molecule has 1 aromatic rings. The van der Waals surface area contributed by atoms with Crippen LogP contribution in [0, 0.1) is 0 Å². The van der Waals surface area contributed by atoms with Crippen LogP contribution in [0.25, 0.3) is 0 Å². The Kier molecular flexibility index (Phi) is 5.57. The van der Waals surface area contributed by atoms with Gasteiger partial charge in [0.25, 0.3) is 0 Å². The molecule has 0 atom stereocenters. The van der Waals surface area contributed by atoms with Crippen molar-refractivity contribution in [2.75, 3.05) is 13.7 Å². The summed E-state index contributed by atoms with van der Waals surface area (Å²) in [5.74, 6) is -0.784. The Bertz CT molecular complexity index is 509. The molecule has 5 heteroatoms. The summed E-state index contributed by atoms with van der Waals surface area (Å²) >= 11 is 5.98. The summed E-state index contributed by atoms with van der Waals surface area (Å²) < 4.78 is 9.88. The molecule has 0 heterocycles. The van der Waals surface area contributed by atoms with Crippen LogP contribution in [0.5, 0.6) is 5.75 Å². The van der Waals surface area contributed by atoms with Crippen molar-refractivity contribution in [3.05, 3.63) is 28.8 Å². The highest BCUT2D eigenvalue weighted by atomic mass is 35.5. The summed E-state index contributed by atoms with van der Waals surface area (Å²) in [5.41, 5.74) is 0.359. The minimum absolute atomic E-state index is 0.0661. The summed E-state index contributed by atoms with van der Waals surface area (Å²) in [6, 6.07) is 5.32. The first-order valence-corrected chi connectivity index (χ1v) is 6.73. The third-order valence-electron chi connectivity index (χ3n) is 3.04.